The van der Waals surface area contributed by atoms with Crippen LogP contribution in [0.2, 0.25) is 0 Å². The first kappa shape index (κ1) is 21.5. The molecule has 0 saturated carbocycles. The van der Waals surface area contributed by atoms with E-state index in [-0.39, 0.29) is 6.61 Å². The number of allylic oxidation sites excluding steroid dienone is 3. The summed E-state index contributed by atoms with van der Waals surface area (Å²) in [5, 5.41) is 21.8. The van der Waals surface area contributed by atoms with Gasteiger partial charge < -0.3 is 10.8 Å². The van der Waals surface area contributed by atoms with Gasteiger partial charge in [-0.2, -0.15) is 5.10 Å². The van der Waals surface area contributed by atoms with Crippen molar-refractivity contribution < 1.29 is 10.1 Å². The lowest BCUT2D eigenvalue weighted by molar-refractivity contribution is -0.413. The van der Waals surface area contributed by atoms with Gasteiger partial charge in [0.1, 0.15) is 18.6 Å². The predicted octanol–water partition coefficient (Wildman–Crippen LogP) is 2.28. The molecule has 138 valence electrons. The molecule has 0 aliphatic heterocycles. The molecule has 0 amide bonds. The summed E-state index contributed by atoms with van der Waals surface area (Å²) in [6.07, 6.45) is 7.08. The number of halogens is 1. The number of hydrogen-bond donors (Lipinski definition) is 3. The normalized spacial score (nSPS) is 11.2. The van der Waals surface area contributed by atoms with Crippen LogP contribution >= 0.6 is 15.9 Å². The van der Waals surface area contributed by atoms with Gasteiger partial charge >= 0.3 is 0 Å². The Morgan fingerprint density at radius 1 is 1.35 bits per heavy atom. The van der Waals surface area contributed by atoms with Gasteiger partial charge in [0.25, 0.3) is 0 Å². The van der Waals surface area contributed by atoms with Gasteiger partial charge in [-0.25, -0.2) is 4.68 Å². The largest absolute Gasteiger partial charge is 0.392 e. The molecule has 26 heavy (non-hydrogen) atoms. The fraction of sp³-hybridized carbons (Fsp3) is 0.222. The lowest BCUT2D eigenvalue weighted by atomic mass is 10.2. The van der Waals surface area contributed by atoms with Crippen LogP contribution in [0.3, 0.4) is 0 Å². The number of hydrogen-bond acceptors (Lipinski definition) is 5. The zero-order valence-corrected chi connectivity index (χ0v) is 16.5. The highest BCUT2D eigenvalue weighted by molar-refractivity contribution is 9.08. The highest BCUT2D eigenvalue weighted by Crippen LogP contribution is 2.26. The molecule has 0 fully saturated rings. The van der Waals surface area contributed by atoms with Gasteiger partial charge in [0.2, 0.25) is 0 Å². The topological polar surface area (TPSA) is 103 Å². The number of aliphatic hydroxyl groups excluding tert-OH is 1. The molecule has 0 aliphatic rings. The second kappa shape index (κ2) is 11.9. The summed E-state index contributed by atoms with van der Waals surface area (Å²) in [5.74, 6) is 2.22. The van der Waals surface area contributed by atoms with Crippen LogP contribution in [0.25, 0.3) is 0 Å². The van der Waals surface area contributed by atoms with Crippen LogP contribution in [0.15, 0.2) is 65.0 Å². The number of rotatable bonds is 7. The Labute approximate surface area is 161 Å². The van der Waals surface area contributed by atoms with Crippen molar-refractivity contribution in [1.82, 2.24) is 9.78 Å². The number of alkyl halides is 1. The second-order valence-electron chi connectivity index (χ2n) is 5.03. The average molecular weight is 420 g/mol. The summed E-state index contributed by atoms with van der Waals surface area (Å²) in [6.45, 7) is 4.32. The van der Waals surface area contributed by atoms with Crippen LogP contribution in [0.5, 0.6) is 0 Å². The number of aliphatic hydroxyl groups is 1. The maximum absolute atomic E-state index is 9.30. The third-order valence-corrected chi connectivity index (χ3v) is 3.24. The molecule has 1 aromatic heterocycles. The fourth-order valence-corrected chi connectivity index (χ4v) is 1.96. The number of nitrogens with two attached hydrogens (primary N) is 1. The predicted molar refractivity (Wildman–Crippen MR) is 109 cm³/mol. The lowest BCUT2D eigenvalue weighted by Gasteiger charge is -2.03. The Kier molecular flexibility index (Phi) is 9.81. The Morgan fingerprint density at radius 2 is 2.04 bits per heavy atom. The van der Waals surface area contributed by atoms with Crippen LogP contribution in [0.1, 0.15) is 5.56 Å². The summed E-state index contributed by atoms with van der Waals surface area (Å²) in [6, 6.07) is 7.24. The first-order valence-corrected chi connectivity index (χ1v) is 9.38. The summed E-state index contributed by atoms with van der Waals surface area (Å²) >= 11 is 2.94. The Morgan fingerprint density at radius 3 is 2.73 bits per heavy atom. The summed E-state index contributed by atoms with van der Waals surface area (Å²) < 4.78 is 1.61. The molecular weight excluding hydrogens is 396 g/mol. The molecule has 0 atom stereocenters. The highest BCUT2D eigenvalue weighted by Gasteiger charge is 2.07. The van der Waals surface area contributed by atoms with Crippen LogP contribution in [0, 0.1) is 0 Å². The van der Waals surface area contributed by atoms with Gasteiger partial charge in [-0.05, 0) is 17.5 Å². The van der Waals surface area contributed by atoms with Crippen molar-refractivity contribution in [2.24, 2.45) is 10.2 Å². The number of nitrogens with one attached hydrogen (secondary N) is 1. The number of azo groups is 1. The quantitative estimate of drug-likeness (QED) is 0.277. The fourth-order valence-electron chi connectivity index (χ4n) is 1.96. The van der Waals surface area contributed by atoms with E-state index in [1.165, 1.54) is 0 Å². The van der Waals surface area contributed by atoms with E-state index in [9.17, 15) is 5.11 Å². The molecule has 0 spiro atoms. The smallest absolute Gasteiger partial charge is 0.161 e. The van der Waals surface area contributed by atoms with Crippen molar-refractivity contribution in [3.8, 4) is 0 Å². The van der Waals surface area contributed by atoms with E-state index in [1.807, 2.05) is 37.2 Å². The highest BCUT2D eigenvalue weighted by atomic mass is 79.9. The summed E-state index contributed by atoms with van der Waals surface area (Å²) in [5.41, 5.74) is 8.68. The van der Waals surface area contributed by atoms with Gasteiger partial charge in [0.15, 0.2) is 6.21 Å². The second-order valence-corrected chi connectivity index (χ2v) is 5.03. The molecule has 4 N–H and O–H groups in total. The van der Waals surface area contributed by atoms with Crippen LogP contribution in [0.4, 0.5) is 17.2 Å². The van der Waals surface area contributed by atoms with Crippen LogP contribution < -0.4 is 10.7 Å². The zero-order valence-electron chi connectivity index (χ0n) is 14.9. The molecule has 0 radical (unpaired) electrons. The van der Waals surface area contributed by atoms with Gasteiger partial charge in [0, 0.05) is 11.6 Å². The standard InChI is InChI=1S/C17H20N6O.CH3Br/c1-13(6-5-9-19-2)11-23-17(18)16(10-20-23)22-21-15-8-4-3-7-14(15)12-24;1-2/h3-10,24H,1,11-12,18H2,2H3;1H3/p+1/b6-5-,19-9?,22-21?;. The third-order valence-electron chi connectivity index (χ3n) is 3.24. The van der Waals surface area contributed by atoms with E-state index in [2.05, 4.69) is 42.8 Å². The number of benzene rings is 1. The van der Waals surface area contributed by atoms with Crippen molar-refractivity contribution in [2.45, 2.75) is 13.2 Å². The van der Waals surface area contributed by atoms with Crippen molar-refractivity contribution >= 4 is 39.3 Å². The first-order chi connectivity index (χ1) is 12.7. The molecule has 2 rings (SSSR count). The number of nitrogen functional groups attached to an aromatic ring is 1. The van der Waals surface area contributed by atoms with Crippen molar-refractivity contribution in [3.05, 3.63) is 60.3 Å². The molecule has 2 aromatic rings. The zero-order chi connectivity index (χ0) is 19.4. The molecule has 1 heterocycles. The van der Waals surface area contributed by atoms with Gasteiger partial charge in [-0.1, -0.05) is 46.8 Å². The Hall–Kier alpha value is -2.58. The SMILES string of the molecule is C=C(/C=C\C=[NH+]C)Cn1ncc(N=Nc2ccccc2CO)c1N.CBr. The maximum Gasteiger partial charge on any atom is 0.161 e. The molecule has 0 aliphatic carbocycles. The summed E-state index contributed by atoms with van der Waals surface area (Å²) in [7, 11) is 1.82. The minimum atomic E-state index is -0.0975. The third kappa shape index (κ3) is 6.38. The molecule has 7 nitrogen and oxygen atoms in total. The van der Waals surface area contributed by atoms with E-state index in [0.717, 1.165) is 5.57 Å². The van der Waals surface area contributed by atoms with Crippen molar-refractivity contribution in [2.75, 3.05) is 18.6 Å². The monoisotopic (exact) mass is 419 g/mol. The minimum Gasteiger partial charge on any atom is -0.392 e. The number of anilines is 1. The molecule has 0 unspecified atom stereocenters. The van der Waals surface area contributed by atoms with E-state index in [4.69, 9.17) is 5.73 Å². The van der Waals surface area contributed by atoms with E-state index < -0.39 is 0 Å². The molecular formula is C18H24BrN6O+. The lowest BCUT2D eigenvalue weighted by Crippen LogP contribution is -2.62. The van der Waals surface area contributed by atoms with Crippen LogP contribution in [-0.2, 0) is 13.2 Å². The Bertz CT molecular complexity index is 795. The van der Waals surface area contributed by atoms with E-state index >= 15 is 0 Å². The minimum absolute atomic E-state index is 0.0975. The molecule has 0 bridgehead atoms. The van der Waals surface area contributed by atoms with Gasteiger partial charge in [-0.3, -0.25) is 4.99 Å². The molecule has 8 heteroatoms. The van der Waals surface area contributed by atoms with E-state index in [1.54, 1.807) is 29.2 Å². The Balaban J connectivity index is 0.00000163. The summed E-state index contributed by atoms with van der Waals surface area (Å²) in [4.78, 5) is 2.90. The first-order valence-electron chi connectivity index (χ1n) is 7.80. The molecule has 1 aromatic carbocycles. The number of nitrogens with zero attached hydrogens (tertiary/aromatic N) is 4. The molecule has 0 saturated heterocycles. The van der Waals surface area contributed by atoms with Crippen LogP contribution in [-0.4, -0.2) is 34.0 Å². The van der Waals surface area contributed by atoms with Crippen molar-refractivity contribution in [1.29, 1.82) is 0 Å². The van der Waals surface area contributed by atoms with E-state index in [0.29, 0.717) is 29.3 Å². The van der Waals surface area contributed by atoms with Crippen molar-refractivity contribution in [3.63, 3.8) is 0 Å². The van der Waals surface area contributed by atoms with Gasteiger partial charge in [-0.15, -0.1) is 10.2 Å². The average Bonchev–Trinajstić information content (AvgIpc) is 3.01. The van der Waals surface area contributed by atoms with Gasteiger partial charge in [0.05, 0.1) is 25.0 Å². The maximum atomic E-state index is 9.30. The number of aromatic nitrogens is 2.